The van der Waals surface area contributed by atoms with Gasteiger partial charge in [0.2, 0.25) is 11.7 Å². The number of carbonyl (C=O) groups excluding carboxylic acids is 1. The largest absolute Gasteiger partial charge is 0.475 e. The SMILES string of the molecule is CN(C)C(=O)CN(C)c1nc(C(=O)O)nc2ccccc12. The van der Waals surface area contributed by atoms with Crippen molar-refractivity contribution in [3.8, 4) is 0 Å². The topological polar surface area (TPSA) is 86.6 Å². The van der Waals surface area contributed by atoms with Gasteiger partial charge in [0, 0.05) is 26.5 Å². The minimum atomic E-state index is -1.20. The van der Waals surface area contributed by atoms with Gasteiger partial charge in [0.25, 0.3) is 0 Å². The van der Waals surface area contributed by atoms with Gasteiger partial charge in [-0.05, 0) is 12.1 Å². The number of aromatic nitrogens is 2. The van der Waals surface area contributed by atoms with Crippen molar-refractivity contribution in [3.05, 3.63) is 30.1 Å². The number of nitrogens with zero attached hydrogens (tertiary/aromatic N) is 4. The predicted molar refractivity (Wildman–Crippen MR) is 78.5 cm³/mol. The van der Waals surface area contributed by atoms with Crippen molar-refractivity contribution >= 4 is 28.6 Å². The molecule has 0 atom stereocenters. The van der Waals surface area contributed by atoms with Crippen molar-refractivity contribution in [1.82, 2.24) is 14.9 Å². The van der Waals surface area contributed by atoms with E-state index in [9.17, 15) is 9.59 Å². The highest BCUT2D eigenvalue weighted by atomic mass is 16.4. The van der Waals surface area contributed by atoms with Crippen LogP contribution in [0.5, 0.6) is 0 Å². The molecule has 1 amide bonds. The summed E-state index contributed by atoms with van der Waals surface area (Å²) in [5, 5.41) is 9.81. The van der Waals surface area contributed by atoms with Crippen molar-refractivity contribution < 1.29 is 14.7 Å². The fourth-order valence-corrected chi connectivity index (χ4v) is 1.87. The molecule has 0 fully saturated rings. The van der Waals surface area contributed by atoms with E-state index in [0.29, 0.717) is 16.7 Å². The molecule has 1 N–H and O–H groups in total. The zero-order valence-corrected chi connectivity index (χ0v) is 12.1. The number of hydrogen-bond donors (Lipinski definition) is 1. The number of likely N-dealkylation sites (N-methyl/N-ethyl adjacent to an activating group) is 2. The van der Waals surface area contributed by atoms with Crippen LogP contribution in [0.2, 0.25) is 0 Å². The Morgan fingerprint density at radius 1 is 1.14 bits per heavy atom. The number of fused-ring (bicyclic) bond motifs is 1. The first-order chi connectivity index (χ1) is 9.90. The standard InChI is InChI=1S/C14H16N4O3/c1-17(2)11(19)8-18(3)13-9-6-4-5-7-10(9)15-12(16-13)14(20)21/h4-7H,8H2,1-3H3,(H,20,21). The Balaban J connectivity index is 2.50. The Hall–Kier alpha value is -2.70. The number of amides is 1. The fourth-order valence-electron chi connectivity index (χ4n) is 1.87. The molecule has 0 aliphatic rings. The lowest BCUT2D eigenvalue weighted by atomic mass is 10.2. The first-order valence-electron chi connectivity index (χ1n) is 6.31. The van der Waals surface area contributed by atoms with E-state index in [1.807, 2.05) is 6.07 Å². The minimum Gasteiger partial charge on any atom is -0.475 e. The number of anilines is 1. The van der Waals surface area contributed by atoms with Gasteiger partial charge in [-0.1, -0.05) is 12.1 Å². The Morgan fingerprint density at radius 3 is 2.43 bits per heavy atom. The maximum atomic E-state index is 11.8. The highest BCUT2D eigenvalue weighted by Crippen LogP contribution is 2.22. The van der Waals surface area contributed by atoms with E-state index in [4.69, 9.17) is 5.11 Å². The van der Waals surface area contributed by atoms with Crippen molar-refractivity contribution in [2.45, 2.75) is 0 Å². The van der Waals surface area contributed by atoms with Gasteiger partial charge in [-0.2, -0.15) is 0 Å². The molecular weight excluding hydrogens is 272 g/mol. The summed E-state index contributed by atoms with van der Waals surface area (Å²) in [6.45, 7) is 0.104. The smallest absolute Gasteiger partial charge is 0.374 e. The Kier molecular flexibility index (Phi) is 4.02. The van der Waals surface area contributed by atoms with Gasteiger partial charge in [0.15, 0.2) is 0 Å². The molecule has 0 unspecified atom stereocenters. The van der Waals surface area contributed by atoms with E-state index < -0.39 is 5.97 Å². The molecule has 0 bridgehead atoms. The van der Waals surface area contributed by atoms with Crippen molar-refractivity contribution in [2.24, 2.45) is 0 Å². The molecule has 1 heterocycles. The predicted octanol–water partition coefficient (Wildman–Crippen LogP) is 0.852. The fraction of sp³-hybridized carbons (Fsp3) is 0.286. The molecule has 0 radical (unpaired) electrons. The third kappa shape index (κ3) is 3.07. The van der Waals surface area contributed by atoms with E-state index in [0.717, 1.165) is 0 Å². The molecule has 2 rings (SSSR count). The molecule has 1 aromatic carbocycles. The Bertz CT molecular complexity index is 700. The van der Waals surface area contributed by atoms with Crippen LogP contribution in [0.25, 0.3) is 10.9 Å². The van der Waals surface area contributed by atoms with Gasteiger partial charge in [-0.3, -0.25) is 4.79 Å². The molecule has 0 saturated carbocycles. The first-order valence-corrected chi connectivity index (χ1v) is 6.31. The second-order valence-electron chi connectivity index (χ2n) is 4.84. The second kappa shape index (κ2) is 5.74. The number of hydrogen-bond acceptors (Lipinski definition) is 5. The summed E-state index contributed by atoms with van der Waals surface area (Å²) in [7, 11) is 5.02. The minimum absolute atomic E-state index is 0.0999. The van der Waals surface area contributed by atoms with Crippen LogP contribution in [0.15, 0.2) is 24.3 Å². The lowest BCUT2D eigenvalue weighted by Gasteiger charge is -2.21. The van der Waals surface area contributed by atoms with Crippen LogP contribution < -0.4 is 4.90 Å². The molecule has 7 heteroatoms. The van der Waals surface area contributed by atoms with Crippen LogP contribution in [0.3, 0.4) is 0 Å². The van der Waals surface area contributed by atoms with Crippen LogP contribution in [0, 0.1) is 0 Å². The molecule has 1 aromatic heterocycles. The first kappa shape index (κ1) is 14.7. The van der Waals surface area contributed by atoms with Gasteiger partial charge >= 0.3 is 5.97 Å². The van der Waals surface area contributed by atoms with Crippen molar-refractivity contribution in [3.63, 3.8) is 0 Å². The molecule has 7 nitrogen and oxygen atoms in total. The maximum Gasteiger partial charge on any atom is 0.374 e. The number of benzene rings is 1. The van der Waals surface area contributed by atoms with E-state index in [1.165, 1.54) is 4.90 Å². The molecular formula is C14H16N4O3. The number of rotatable bonds is 4. The number of carbonyl (C=O) groups is 2. The van der Waals surface area contributed by atoms with E-state index >= 15 is 0 Å². The third-order valence-corrected chi connectivity index (χ3v) is 3.01. The zero-order chi connectivity index (χ0) is 15.6. The second-order valence-corrected chi connectivity index (χ2v) is 4.84. The van der Waals surface area contributed by atoms with Gasteiger partial charge in [-0.25, -0.2) is 14.8 Å². The lowest BCUT2D eigenvalue weighted by molar-refractivity contribution is -0.127. The monoisotopic (exact) mass is 288 g/mol. The number of carboxylic acids is 1. The molecule has 2 aromatic rings. The normalized spacial score (nSPS) is 10.4. The van der Waals surface area contributed by atoms with E-state index in [2.05, 4.69) is 9.97 Å². The maximum absolute atomic E-state index is 11.8. The summed E-state index contributed by atoms with van der Waals surface area (Å²) in [4.78, 5) is 34.1. The van der Waals surface area contributed by atoms with Gasteiger partial charge < -0.3 is 14.9 Å². The molecule has 0 spiro atoms. The summed E-state index contributed by atoms with van der Waals surface area (Å²) in [5.41, 5.74) is 0.532. The van der Waals surface area contributed by atoms with E-state index in [-0.39, 0.29) is 18.3 Å². The van der Waals surface area contributed by atoms with Crippen LogP contribution >= 0.6 is 0 Å². The van der Waals surface area contributed by atoms with Crippen LogP contribution in [0.4, 0.5) is 5.82 Å². The molecule has 21 heavy (non-hydrogen) atoms. The zero-order valence-electron chi connectivity index (χ0n) is 12.1. The van der Waals surface area contributed by atoms with Gasteiger partial charge in [-0.15, -0.1) is 0 Å². The number of para-hydroxylation sites is 1. The average Bonchev–Trinajstić information content (AvgIpc) is 2.45. The highest BCUT2D eigenvalue weighted by molar-refractivity contribution is 5.95. The van der Waals surface area contributed by atoms with E-state index in [1.54, 1.807) is 44.2 Å². The summed E-state index contributed by atoms with van der Waals surface area (Å²) < 4.78 is 0. The Labute approximate surface area is 121 Å². The molecule has 0 aliphatic carbocycles. The highest BCUT2D eigenvalue weighted by Gasteiger charge is 2.17. The molecule has 110 valence electrons. The molecule has 0 aliphatic heterocycles. The lowest BCUT2D eigenvalue weighted by Crippen LogP contribution is -2.35. The average molecular weight is 288 g/mol. The Morgan fingerprint density at radius 2 is 1.81 bits per heavy atom. The van der Waals surface area contributed by atoms with Crippen LogP contribution in [-0.4, -0.2) is 59.5 Å². The van der Waals surface area contributed by atoms with Gasteiger partial charge in [0.05, 0.1) is 12.1 Å². The summed E-state index contributed by atoms with van der Waals surface area (Å²) in [6.07, 6.45) is 0. The third-order valence-electron chi connectivity index (χ3n) is 3.01. The van der Waals surface area contributed by atoms with Crippen molar-refractivity contribution in [2.75, 3.05) is 32.6 Å². The number of carboxylic acid groups (broad SMARTS) is 1. The van der Waals surface area contributed by atoms with Crippen molar-refractivity contribution in [1.29, 1.82) is 0 Å². The summed E-state index contributed by atoms with van der Waals surface area (Å²) >= 11 is 0. The van der Waals surface area contributed by atoms with Crippen LogP contribution in [0.1, 0.15) is 10.6 Å². The quantitative estimate of drug-likeness (QED) is 0.897. The summed E-state index contributed by atoms with van der Waals surface area (Å²) in [6, 6.07) is 7.11. The number of aromatic carboxylic acids is 1. The summed E-state index contributed by atoms with van der Waals surface area (Å²) in [5.74, 6) is -1.16. The molecule has 0 saturated heterocycles. The van der Waals surface area contributed by atoms with Gasteiger partial charge in [0.1, 0.15) is 5.82 Å². The van der Waals surface area contributed by atoms with Crippen LogP contribution in [-0.2, 0) is 4.79 Å².